The first kappa shape index (κ1) is 83.0. The van der Waals surface area contributed by atoms with E-state index in [1.165, 1.54) is 340 Å². The zero-order valence-corrected chi connectivity index (χ0v) is 58.3. The van der Waals surface area contributed by atoms with E-state index in [4.69, 9.17) is 9.05 Å². The first-order chi connectivity index (χ1) is 41.0. The topological polar surface area (TPSA) is 105 Å². The molecule has 0 aromatic rings. The SMILES string of the molecule is CCCCCCCCCCCCCCCCCCC/C=C/CC/C=C/C(O)C(COP(=O)(O)OCC[N+](C)(C)C)NC(=O)CCCCCCCCCCCCCCCCCCCCCCCCCCCCCCCCCCCCCCCCC. The lowest BCUT2D eigenvalue weighted by Crippen LogP contribution is -2.45. The van der Waals surface area contributed by atoms with Gasteiger partial charge in [0.15, 0.2) is 0 Å². The molecule has 8 nitrogen and oxygen atoms in total. The lowest BCUT2D eigenvalue weighted by molar-refractivity contribution is -0.870. The van der Waals surface area contributed by atoms with Gasteiger partial charge in [-0.05, 0) is 32.1 Å². The summed E-state index contributed by atoms with van der Waals surface area (Å²) in [4.78, 5) is 23.4. The molecule has 0 saturated carbocycles. The van der Waals surface area contributed by atoms with E-state index in [0.717, 1.165) is 38.5 Å². The second-order valence-corrected chi connectivity index (χ2v) is 28.8. The number of amides is 1. The minimum atomic E-state index is -4.36. The third kappa shape index (κ3) is 68.5. The summed E-state index contributed by atoms with van der Waals surface area (Å²) in [5, 5.41) is 14.0. The molecule has 0 spiro atoms. The molecular weight excluding hydrogens is 1060 g/mol. The molecule has 0 aliphatic rings. The minimum absolute atomic E-state index is 0.0591. The lowest BCUT2D eigenvalue weighted by Gasteiger charge is -2.25. The molecule has 0 saturated heterocycles. The largest absolute Gasteiger partial charge is 0.472 e. The molecule has 0 aliphatic heterocycles. The van der Waals surface area contributed by atoms with Gasteiger partial charge in [0.25, 0.3) is 0 Å². The van der Waals surface area contributed by atoms with Crippen molar-refractivity contribution in [2.75, 3.05) is 40.9 Å². The molecule has 500 valence electrons. The summed E-state index contributed by atoms with van der Waals surface area (Å²) in [6.45, 7) is 4.86. The summed E-state index contributed by atoms with van der Waals surface area (Å²) in [7, 11) is 1.58. The van der Waals surface area contributed by atoms with Crippen LogP contribution >= 0.6 is 7.82 Å². The number of phosphoric acid groups is 1. The van der Waals surface area contributed by atoms with Gasteiger partial charge in [-0.25, -0.2) is 4.57 Å². The van der Waals surface area contributed by atoms with E-state index >= 15 is 0 Å². The maximum atomic E-state index is 13.1. The number of phosphoric ester groups is 1. The van der Waals surface area contributed by atoms with Gasteiger partial charge in [0.1, 0.15) is 13.2 Å². The molecule has 0 rings (SSSR count). The molecule has 9 heteroatoms. The van der Waals surface area contributed by atoms with E-state index in [1.54, 1.807) is 6.08 Å². The Morgan fingerprint density at radius 2 is 0.655 bits per heavy atom. The molecular formula is C75H150N2O6P+. The van der Waals surface area contributed by atoms with Crippen molar-refractivity contribution in [3.8, 4) is 0 Å². The van der Waals surface area contributed by atoms with Crippen molar-refractivity contribution in [2.24, 2.45) is 0 Å². The predicted molar refractivity (Wildman–Crippen MR) is 369 cm³/mol. The Hall–Kier alpha value is -1.02. The highest BCUT2D eigenvalue weighted by molar-refractivity contribution is 7.47. The fourth-order valence-electron chi connectivity index (χ4n) is 11.8. The summed E-state index contributed by atoms with van der Waals surface area (Å²) in [6.07, 6.45) is 88.0. The summed E-state index contributed by atoms with van der Waals surface area (Å²) >= 11 is 0. The van der Waals surface area contributed by atoms with Gasteiger partial charge in [-0.15, -0.1) is 0 Å². The molecule has 0 aromatic carbocycles. The van der Waals surface area contributed by atoms with Crippen molar-refractivity contribution < 1.29 is 32.9 Å². The Morgan fingerprint density at radius 3 is 0.952 bits per heavy atom. The third-order valence-corrected chi connectivity index (χ3v) is 18.7. The smallest absolute Gasteiger partial charge is 0.387 e. The van der Waals surface area contributed by atoms with Gasteiger partial charge in [0.2, 0.25) is 5.91 Å². The summed E-state index contributed by atoms with van der Waals surface area (Å²) < 4.78 is 23.8. The Morgan fingerprint density at radius 1 is 0.393 bits per heavy atom. The number of hydrogen-bond acceptors (Lipinski definition) is 5. The number of aliphatic hydroxyl groups excluding tert-OH is 1. The summed E-state index contributed by atoms with van der Waals surface area (Å²) in [5.74, 6) is -0.177. The molecule has 0 aromatic heterocycles. The molecule has 84 heavy (non-hydrogen) atoms. The second kappa shape index (κ2) is 66.4. The van der Waals surface area contributed by atoms with Crippen molar-refractivity contribution in [3.05, 3.63) is 24.3 Å². The van der Waals surface area contributed by atoms with Crippen molar-refractivity contribution in [1.29, 1.82) is 0 Å². The Labute approximate surface area is 525 Å². The van der Waals surface area contributed by atoms with Crippen molar-refractivity contribution in [3.63, 3.8) is 0 Å². The van der Waals surface area contributed by atoms with Crippen LogP contribution in [0.15, 0.2) is 24.3 Å². The van der Waals surface area contributed by atoms with Crippen LogP contribution in [0.2, 0.25) is 0 Å². The fraction of sp³-hybridized carbons (Fsp3) is 0.933. The molecule has 0 radical (unpaired) electrons. The van der Waals surface area contributed by atoms with Crippen LogP contribution in [-0.4, -0.2) is 73.4 Å². The van der Waals surface area contributed by atoms with Crippen LogP contribution in [0.25, 0.3) is 0 Å². The number of nitrogens with one attached hydrogen (secondary N) is 1. The minimum Gasteiger partial charge on any atom is -0.387 e. The number of allylic oxidation sites excluding steroid dienone is 3. The monoisotopic (exact) mass is 1210 g/mol. The van der Waals surface area contributed by atoms with Gasteiger partial charge in [0, 0.05) is 6.42 Å². The molecule has 3 unspecified atom stereocenters. The van der Waals surface area contributed by atoms with Crippen LogP contribution in [0.5, 0.6) is 0 Å². The highest BCUT2D eigenvalue weighted by Gasteiger charge is 2.28. The standard InChI is InChI=1S/C75H149N2O6P/c1-6-8-10-12-14-16-18-20-22-24-26-28-30-31-32-33-34-35-36-37-38-39-40-41-42-43-44-45-47-49-51-53-55-57-59-61-63-65-67-69-75(79)76-73(72-83-84(80,81)82-71-70-77(3,4)5)74(78)68-66-64-62-60-58-56-54-52-50-48-46-29-27-25-23-21-19-17-15-13-11-9-7-2/h58,60,66,68,73-74,78H,6-57,59,61-65,67,69-72H2,1-5H3,(H-,76,79,80,81)/p+1/b60-58+,68-66+. The van der Waals surface area contributed by atoms with Crippen molar-refractivity contribution >= 4 is 13.7 Å². The molecule has 0 bridgehead atoms. The number of unbranched alkanes of at least 4 members (excludes halogenated alkanes) is 56. The van der Waals surface area contributed by atoms with Crippen LogP contribution in [-0.2, 0) is 18.4 Å². The van der Waals surface area contributed by atoms with Crippen LogP contribution < -0.4 is 5.32 Å². The van der Waals surface area contributed by atoms with Crippen LogP contribution in [0, 0.1) is 0 Å². The fourth-order valence-corrected chi connectivity index (χ4v) is 12.6. The van der Waals surface area contributed by atoms with E-state index < -0.39 is 20.0 Å². The highest BCUT2D eigenvalue weighted by atomic mass is 31.2. The normalized spacial score (nSPS) is 13.7. The number of quaternary nitrogens is 1. The third-order valence-electron chi connectivity index (χ3n) is 17.7. The van der Waals surface area contributed by atoms with Gasteiger partial charge in [-0.3, -0.25) is 13.8 Å². The van der Waals surface area contributed by atoms with Gasteiger partial charge >= 0.3 is 7.82 Å². The Bertz CT molecular complexity index is 1420. The number of nitrogens with zero attached hydrogens (tertiary/aromatic N) is 1. The van der Waals surface area contributed by atoms with Gasteiger partial charge < -0.3 is 19.8 Å². The maximum absolute atomic E-state index is 13.1. The number of hydrogen-bond donors (Lipinski definition) is 3. The van der Waals surface area contributed by atoms with Crippen molar-refractivity contribution in [1.82, 2.24) is 5.32 Å². The zero-order chi connectivity index (χ0) is 61.2. The molecule has 3 N–H and O–H groups in total. The first-order valence-electron chi connectivity index (χ1n) is 37.7. The maximum Gasteiger partial charge on any atom is 0.472 e. The van der Waals surface area contributed by atoms with Crippen LogP contribution in [0.1, 0.15) is 399 Å². The van der Waals surface area contributed by atoms with Crippen molar-refractivity contribution in [2.45, 2.75) is 411 Å². The zero-order valence-electron chi connectivity index (χ0n) is 57.4. The van der Waals surface area contributed by atoms with Crippen LogP contribution in [0.3, 0.4) is 0 Å². The van der Waals surface area contributed by atoms with E-state index in [1.807, 2.05) is 27.2 Å². The Kier molecular flexibility index (Phi) is 65.6. The number of aliphatic hydroxyl groups is 1. The first-order valence-corrected chi connectivity index (χ1v) is 39.2. The van der Waals surface area contributed by atoms with Gasteiger partial charge in [0.05, 0.1) is 39.9 Å². The number of likely N-dealkylation sites (N-methyl/N-ethyl adjacent to an activating group) is 1. The molecule has 0 heterocycles. The lowest BCUT2D eigenvalue weighted by atomic mass is 10.0. The number of rotatable bonds is 71. The molecule has 1 amide bonds. The van der Waals surface area contributed by atoms with E-state index in [9.17, 15) is 19.4 Å². The quantitative estimate of drug-likeness (QED) is 0.0243. The number of carbonyl (C=O) groups is 1. The number of carbonyl (C=O) groups excluding carboxylic acids is 1. The van der Waals surface area contributed by atoms with E-state index in [-0.39, 0.29) is 19.1 Å². The van der Waals surface area contributed by atoms with E-state index in [0.29, 0.717) is 17.4 Å². The summed E-state index contributed by atoms with van der Waals surface area (Å²) in [6, 6.07) is -0.862. The molecule has 3 atom stereocenters. The Balaban J connectivity index is 3.93. The van der Waals surface area contributed by atoms with E-state index in [2.05, 4.69) is 31.3 Å². The molecule has 0 fully saturated rings. The van der Waals surface area contributed by atoms with Gasteiger partial charge in [-0.1, -0.05) is 385 Å². The average Bonchev–Trinajstić information content (AvgIpc) is 3.56. The average molecular weight is 1210 g/mol. The predicted octanol–water partition coefficient (Wildman–Crippen LogP) is 24.2. The second-order valence-electron chi connectivity index (χ2n) is 27.4. The van der Waals surface area contributed by atoms with Gasteiger partial charge in [-0.2, -0.15) is 0 Å². The highest BCUT2D eigenvalue weighted by Crippen LogP contribution is 2.43. The summed E-state index contributed by atoms with van der Waals surface area (Å²) in [5.41, 5.74) is 0. The molecule has 0 aliphatic carbocycles. The van der Waals surface area contributed by atoms with Crippen LogP contribution in [0.4, 0.5) is 0 Å².